The van der Waals surface area contributed by atoms with Crippen LogP contribution in [0.2, 0.25) is 0 Å². The van der Waals surface area contributed by atoms with E-state index in [1.807, 2.05) is 24.3 Å². The SMILES string of the molecule is Cc1ccccc1-c1ccc(CN=[N+]=[N-])cc1. The van der Waals surface area contributed by atoms with Crippen molar-refractivity contribution in [2.24, 2.45) is 5.11 Å². The molecule has 0 atom stereocenters. The second-order valence-corrected chi connectivity index (χ2v) is 3.90. The van der Waals surface area contributed by atoms with E-state index >= 15 is 0 Å². The van der Waals surface area contributed by atoms with E-state index in [0.717, 1.165) is 5.56 Å². The normalized spacial score (nSPS) is 9.71. The quantitative estimate of drug-likeness (QED) is 0.418. The summed E-state index contributed by atoms with van der Waals surface area (Å²) in [6, 6.07) is 16.4. The molecule has 17 heavy (non-hydrogen) atoms. The van der Waals surface area contributed by atoms with Gasteiger partial charge in [-0.2, -0.15) is 0 Å². The Morgan fingerprint density at radius 3 is 2.41 bits per heavy atom. The zero-order valence-corrected chi connectivity index (χ0v) is 9.67. The van der Waals surface area contributed by atoms with Crippen molar-refractivity contribution in [1.29, 1.82) is 0 Å². The van der Waals surface area contributed by atoms with Gasteiger partial charge in [-0.15, -0.1) is 0 Å². The van der Waals surface area contributed by atoms with Crippen molar-refractivity contribution >= 4 is 0 Å². The number of azide groups is 1. The highest BCUT2D eigenvalue weighted by Crippen LogP contribution is 2.23. The highest BCUT2D eigenvalue weighted by molar-refractivity contribution is 5.67. The molecule has 0 radical (unpaired) electrons. The van der Waals surface area contributed by atoms with Crippen molar-refractivity contribution in [1.82, 2.24) is 0 Å². The fraction of sp³-hybridized carbons (Fsp3) is 0.143. The molecule has 0 saturated carbocycles. The number of nitrogens with zero attached hydrogens (tertiary/aromatic N) is 3. The number of rotatable bonds is 3. The molecule has 0 aliphatic heterocycles. The van der Waals surface area contributed by atoms with Gasteiger partial charge >= 0.3 is 0 Å². The summed E-state index contributed by atoms with van der Waals surface area (Å²) < 4.78 is 0. The molecule has 0 saturated heterocycles. The number of hydrogen-bond donors (Lipinski definition) is 0. The van der Waals surface area contributed by atoms with Crippen LogP contribution in [0.4, 0.5) is 0 Å². The minimum atomic E-state index is 0.407. The predicted molar refractivity (Wildman–Crippen MR) is 69.5 cm³/mol. The molecular formula is C14H13N3. The first kappa shape index (κ1) is 11.2. The first-order chi connectivity index (χ1) is 8.31. The van der Waals surface area contributed by atoms with Crippen LogP contribution in [0.5, 0.6) is 0 Å². The maximum atomic E-state index is 8.25. The van der Waals surface area contributed by atoms with Gasteiger partial charge in [-0.05, 0) is 34.7 Å². The van der Waals surface area contributed by atoms with Gasteiger partial charge in [0, 0.05) is 4.91 Å². The van der Waals surface area contributed by atoms with E-state index in [1.54, 1.807) is 0 Å². The standard InChI is InChI=1S/C14H13N3/c1-11-4-2-3-5-14(11)13-8-6-12(7-9-13)10-16-17-15/h2-9H,10H2,1H3. The summed E-state index contributed by atoms with van der Waals surface area (Å²) in [5.74, 6) is 0. The number of hydrogen-bond acceptors (Lipinski definition) is 1. The van der Waals surface area contributed by atoms with Crippen LogP contribution in [0.3, 0.4) is 0 Å². The largest absolute Gasteiger partial charge is 0.0893 e. The van der Waals surface area contributed by atoms with E-state index in [2.05, 4.69) is 41.2 Å². The van der Waals surface area contributed by atoms with Crippen molar-refractivity contribution in [3.63, 3.8) is 0 Å². The lowest BCUT2D eigenvalue weighted by atomic mass is 10.00. The number of benzene rings is 2. The van der Waals surface area contributed by atoms with Crippen molar-refractivity contribution < 1.29 is 0 Å². The van der Waals surface area contributed by atoms with Crippen molar-refractivity contribution in [2.75, 3.05) is 0 Å². The molecular weight excluding hydrogens is 210 g/mol. The predicted octanol–water partition coefficient (Wildman–Crippen LogP) is 4.47. The highest BCUT2D eigenvalue weighted by Gasteiger charge is 2.00. The molecule has 0 bridgehead atoms. The summed E-state index contributed by atoms with van der Waals surface area (Å²) in [6.45, 7) is 2.51. The Labute approximate surface area is 100 Å². The average Bonchev–Trinajstić information content (AvgIpc) is 2.38. The Bertz CT molecular complexity index is 552. The van der Waals surface area contributed by atoms with Gasteiger partial charge in [0.2, 0.25) is 0 Å². The van der Waals surface area contributed by atoms with E-state index in [9.17, 15) is 0 Å². The fourth-order valence-electron chi connectivity index (χ4n) is 1.80. The molecule has 2 aromatic carbocycles. The van der Waals surface area contributed by atoms with Gasteiger partial charge in [0.25, 0.3) is 0 Å². The molecule has 0 heterocycles. The smallest absolute Gasteiger partial charge is 0.0510 e. The molecule has 0 unspecified atom stereocenters. The van der Waals surface area contributed by atoms with E-state index in [4.69, 9.17) is 5.53 Å². The second kappa shape index (κ2) is 5.19. The molecule has 0 spiro atoms. The Balaban J connectivity index is 2.29. The third-order valence-electron chi connectivity index (χ3n) is 2.73. The molecule has 2 rings (SSSR count). The zero-order valence-electron chi connectivity index (χ0n) is 9.67. The molecule has 0 amide bonds. The average molecular weight is 223 g/mol. The van der Waals surface area contributed by atoms with Crippen LogP contribution < -0.4 is 0 Å². The topological polar surface area (TPSA) is 48.8 Å². The lowest BCUT2D eigenvalue weighted by Gasteiger charge is -2.06. The molecule has 3 nitrogen and oxygen atoms in total. The zero-order chi connectivity index (χ0) is 12.1. The Hall–Kier alpha value is -2.25. The van der Waals surface area contributed by atoms with Gasteiger partial charge in [0.05, 0.1) is 6.54 Å². The van der Waals surface area contributed by atoms with Gasteiger partial charge in [0.1, 0.15) is 0 Å². The molecule has 0 fully saturated rings. The van der Waals surface area contributed by atoms with E-state index in [1.165, 1.54) is 16.7 Å². The molecule has 0 aliphatic rings. The van der Waals surface area contributed by atoms with Crippen LogP contribution in [-0.2, 0) is 6.54 Å². The molecule has 84 valence electrons. The van der Waals surface area contributed by atoms with Gasteiger partial charge in [0.15, 0.2) is 0 Å². The molecule has 0 aromatic heterocycles. The summed E-state index contributed by atoms with van der Waals surface area (Å²) in [4.78, 5) is 2.75. The van der Waals surface area contributed by atoms with Crippen LogP contribution in [0, 0.1) is 6.92 Å². The van der Waals surface area contributed by atoms with Crippen LogP contribution in [0.15, 0.2) is 53.6 Å². The summed E-state index contributed by atoms with van der Waals surface area (Å²) in [7, 11) is 0. The van der Waals surface area contributed by atoms with E-state index in [0.29, 0.717) is 6.54 Å². The van der Waals surface area contributed by atoms with Crippen LogP contribution in [-0.4, -0.2) is 0 Å². The van der Waals surface area contributed by atoms with Gasteiger partial charge in [-0.25, -0.2) is 0 Å². The Kier molecular flexibility index (Phi) is 3.43. The lowest BCUT2D eigenvalue weighted by molar-refractivity contribution is 1.05. The lowest BCUT2D eigenvalue weighted by Crippen LogP contribution is -1.84. The summed E-state index contributed by atoms with van der Waals surface area (Å²) in [5, 5.41) is 3.54. The van der Waals surface area contributed by atoms with Crippen molar-refractivity contribution in [3.05, 3.63) is 70.1 Å². The molecule has 3 heteroatoms. The Morgan fingerprint density at radius 2 is 1.76 bits per heavy atom. The van der Waals surface area contributed by atoms with E-state index in [-0.39, 0.29) is 0 Å². The van der Waals surface area contributed by atoms with Crippen LogP contribution >= 0.6 is 0 Å². The highest BCUT2D eigenvalue weighted by atomic mass is 15.1. The minimum Gasteiger partial charge on any atom is -0.0893 e. The van der Waals surface area contributed by atoms with Gasteiger partial charge in [-0.1, -0.05) is 53.6 Å². The van der Waals surface area contributed by atoms with E-state index < -0.39 is 0 Å². The molecule has 0 aliphatic carbocycles. The first-order valence-corrected chi connectivity index (χ1v) is 5.47. The maximum absolute atomic E-state index is 8.25. The second-order valence-electron chi connectivity index (χ2n) is 3.90. The minimum absolute atomic E-state index is 0.407. The van der Waals surface area contributed by atoms with Crippen LogP contribution in [0.1, 0.15) is 11.1 Å². The fourth-order valence-corrected chi connectivity index (χ4v) is 1.80. The first-order valence-electron chi connectivity index (χ1n) is 5.47. The van der Waals surface area contributed by atoms with Crippen molar-refractivity contribution in [2.45, 2.75) is 13.5 Å². The molecule has 0 N–H and O–H groups in total. The third kappa shape index (κ3) is 2.65. The monoisotopic (exact) mass is 223 g/mol. The van der Waals surface area contributed by atoms with Gasteiger partial charge < -0.3 is 0 Å². The maximum Gasteiger partial charge on any atom is 0.0510 e. The van der Waals surface area contributed by atoms with Crippen molar-refractivity contribution in [3.8, 4) is 11.1 Å². The molecule has 2 aromatic rings. The summed E-state index contributed by atoms with van der Waals surface area (Å²) >= 11 is 0. The summed E-state index contributed by atoms with van der Waals surface area (Å²) in [6.07, 6.45) is 0. The van der Waals surface area contributed by atoms with Gasteiger partial charge in [-0.3, -0.25) is 0 Å². The number of aryl methyl sites for hydroxylation is 1. The Morgan fingerprint density at radius 1 is 1.06 bits per heavy atom. The van der Waals surface area contributed by atoms with Crippen LogP contribution in [0.25, 0.3) is 21.6 Å². The summed E-state index contributed by atoms with van der Waals surface area (Å²) in [5.41, 5.74) is 13.0. The third-order valence-corrected chi connectivity index (χ3v) is 2.73.